The van der Waals surface area contributed by atoms with Gasteiger partial charge >= 0.3 is 12.1 Å². The lowest BCUT2D eigenvalue weighted by atomic mass is 10.0. The summed E-state index contributed by atoms with van der Waals surface area (Å²) < 4.78 is 15.7. The largest absolute Gasteiger partial charge is 0.494 e. The van der Waals surface area contributed by atoms with Gasteiger partial charge in [0.05, 0.1) is 26.9 Å². The minimum absolute atomic E-state index is 0.0946. The average molecular weight is 675 g/mol. The number of thioether (sulfide) groups is 1. The molecule has 2 aromatic carbocycles. The molecule has 0 heterocycles. The molecule has 0 aromatic heterocycles. The first-order valence-corrected chi connectivity index (χ1v) is 16.4. The van der Waals surface area contributed by atoms with Crippen LogP contribution >= 0.6 is 11.8 Å². The summed E-state index contributed by atoms with van der Waals surface area (Å²) in [6.07, 6.45) is 0.259. The first kappa shape index (κ1) is 38.9. The molecule has 0 unspecified atom stereocenters. The predicted octanol–water partition coefficient (Wildman–Crippen LogP) is 1.75. The van der Waals surface area contributed by atoms with E-state index in [1.165, 1.54) is 7.11 Å². The fraction of sp³-hybridized carbons (Fsp3) is 0.485. The lowest BCUT2D eigenvalue weighted by Crippen LogP contribution is -2.54. The fourth-order valence-corrected chi connectivity index (χ4v) is 4.74. The van der Waals surface area contributed by atoms with Crippen molar-refractivity contribution < 1.29 is 43.3 Å². The summed E-state index contributed by atoms with van der Waals surface area (Å²) in [6.45, 7) is 4.91. The molecule has 0 fully saturated rings. The number of carbonyl (C=O) groups excluding carboxylic acids is 5. The molecule has 258 valence electrons. The van der Waals surface area contributed by atoms with Crippen LogP contribution in [0, 0.1) is 0 Å². The maximum absolute atomic E-state index is 13.3. The summed E-state index contributed by atoms with van der Waals surface area (Å²) in [6, 6.07) is 14.0. The van der Waals surface area contributed by atoms with Crippen LogP contribution in [0.5, 0.6) is 5.75 Å². The Kier molecular flexibility index (Phi) is 17.2. The number of hydrogen-bond acceptors (Lipinski definition) is 10. The van der Waals surface area contributed by atoms with Crippen molar-refractivity contribution in [2.24, 2.45) is 0 Å². The molecular formula is C33H46N4O9S. The first-order valence-electron chi connectivity index (χ1n) is 15.3. The Labute approximate surface area is 279 Å². The van der Waals surface area contributed by atoms with Gasteiger partial charge in [-0.2, -0.15) is 11.8 Å². The van der Waals surface area contributed by atoms with E-state index in [0.717, 1.165) is 23.3 Å². The highest BCUT2D eigenvalue weighted by molar-refractivity contribution is 7.99. The zero-order valence-corrected chi connectivity index (χ0v) is 28.2. The number of amides is 4. The van der Waals surface area contributed by atoms with Crippen molar-refractivity contribution in [1.29, 1.82) is 0 Å². The first-order chi connectivity index (χ1) is 22.4. The van der Waals surface area contributed by atoms with E-state index in [4.69, 9.17) is 14.6 Å². The summed E-state index contributed by atoms with van der Waals surface area (Å²) in [5.41, 5.74) is 0.690. The topological polar surface area (TPSA) is 181 Å². The molecule has 5 N–H and O–H groups in total. The van der Waals surface area contributed by atoms with E-state index in [1.807, 2.05) is 6.07 Å². The Morgan fingerprint density at radius 1 is 0.809 bits per heavy atom. The van der Waals surface area contributed by atoms with E-state index >= 15 is 0 Å². The number of aliphatic hydroxyl groups excluding tert-OH is 1. The van der Waals surface area contributed by atoms with Crippen LogP contribution < -0.4 is 26.0 Å². The number of ether oxygens (including phenoxy) is 3. The van der Waals surface area contributed by atoms with E-state index in [2.05, 4.69) is 26.0 Å². The van der Waals surface area contributed by atoms with Gasteiger partial charge in [0.25, 0.3) is 0 Å². The molecule has 14 heteroatoms. The van der Waals surface area contributed by atoms with Gasteiger partial charge in [0.2, 0.25) is 17.7 Å². The van der Waals surface area contributed by atoms with Crippen LogP contribution in [0.15, 0.2) is 54.6 Å². The summed E-state index contributed by atoms with van der Waals surface area (Å²) in [5, 5.41) is 19.0. The highest BCUT2D eigenvalue weighted by atomic mass is 32.2. The molecule has 0 aliphatic rings. The molecule has 47 heavy (non-hydrogen) atoms. The van der Waals surface area contributed by atoms with Crippen molar-refractivity contribution in [2.75, 3.05) is 44.9 Å². The van der Waals surface area contributed by atoms with Crippen LogP contribution in [-0.4, -0.2) is 97.5 Å². The van der Waals surface area contributed by atoms with Gasteiger partial charge in [-0.3, -0.25) is 19.2 Å². The van der Waals surface area contributed by atoms with Crippen molar-refractivity contribution in [1.82, 2.24) is 21.3 Å². The van der Waals surface area contributed by atoms with Crippen LogP contribution in [0.2, 0.25) is 0 Å². The molecule has 0 aliphatic carbocycles. The van der Waals surface area contributed by atoms with Crippen LogP contribution in [-0.2, 0) is 41.5 Å². The lowest BCUT2D eigenvalue weighted by Gasteiger charge is -2.23. The number of rotatable bonds is 19. The van der Waals surface area contributed by atoms with Gasteiger partial charge in [-0.1, -0.05) is 42.5 Å². The molecule has 0 aliphatic heterocycles. The Morgan fingerprint density at radius 3 is 2.00 bits per heavy atom. The number of alkyl carbamates (subject to hydrolysis) is 1. The van der Waals surface area contributed by atoms with Crippen molar-refractivity contribution >= 4 is 41.5 Å². The van der Waals surface area contributed by atoms with E-state index in [9.17, 15) is 24.0 Å². The predicted molar refractivity (Wildman–Crippen MR) is 178 cm³/mol. The molecule has 0 bridgehead atoms. The number of methoxy groups -OCH3 is 1. The minimum atomic E-state index is -1.09. The third kappa shape index (κ3) is 16.7. The zero-order chi connectivity index (χ0) is 34.7. The number of hydrogen-bond donors (Lipinski definition) is 5. The number of carbonyl (C=O) groups is 5. The molecule has 4 amide bonds. The quantitative estimate of drug-likeness (QED) is 0.109. The van der Waals surface area contributed by atoms with Gasteiger partial charge in [0.1, 0.15) is 30.0 Å². The van der Waals surface area contributed by atoms with Crippen molar-refractivity contribution in [3.05, 3.63) is 65.7 Å². The third-order valence-electron chi connectivity index (χ3n) is 6.30. The molecule has 13 nitrogen and oxygen atoms in total. The number of esters is 1. The van der Waals surface area contributed by atoms with E-state index in [1.54, 1.807) is 81.1 Å². The summed E-state index contributed by atoms with van der Waals surface area (Å²) in [5.74, 6) is -0.321. The van der Waals surface area contributed by atoms with Crippen LogP contribution in [0.25, 0.3) is 0 Å². The van der Waals surface area contributed by atoms with Gasteiger partial charge in [-0.25, -0.2) is 4.79 Å². The normalized spacial score (nSPS) is 12.2. The summed E-state index contributed by atoms with van der Waals surface area (Å²) in [7, 11) is 1.19. The highest BCUT2D eigenvalue weighted by Gasteiger charge is 2.26. The smallest absolute Gasteiger partial charge is 0.408 e. The monoisotopic (exact) mass is 674 g/mol. The number of benzene rings is 2. The van der Waals surface area contributed by atoms with Crippen molar-refractivity contribution in [3.8, 4) is 5.75 Å². The SMILES string of the molecule is COC(=O)CNC(=O)[C@H](Cc1ccccc1)NC(=O)CNC(=O)[C@H](Cc1ccc(OCCCSCCO)cc1)NC(=O)OC(C)(C)C. The minimum Gasteiger partial charge on any atom is -0.494 e. The van der Waals surface area contributed by atoms with Gasteiger partial charge in [0.15, 0.2) is 0 Å². The maximum atomic E-state index is 13.3. The molecule has 2 rings (SSSR count). The number of nitrogens with one attached hydrogen (secondary N) is 4. The molecule has 2 atom stereocenters. The molecule has 0 saturated heterocycles. The second-order valence-corrected chi connectivity index (χ2v) is 12.6. The van der Waals surface area contributed by atoms with Crippen LogP contribution in [0.3, 0.4) is 0 Å². The molecule has 0 radical (unpaired) electrons. The van der Waals surface area contributed by atoms with Crippen LogP contribution in [0.4, 0.5) is 4.79 Å². The van der Waals surface area contributed by atoms with Gasteiger partial charge < -0.3 is 40.6 Å². The Bertz CT molecular complexity index is 1290. The molecular weight excluding hydrogens is 628 g/mol. The maximum Gasteiger partial charge on any atom is 0.408 e. The van der Waals surface area contributed by atoms with Crippen molar-refractivity contribution in [2.45, 2.75) is 57.7 Å². The van der Waals surface area contributed by atoms with E-state index in [0.29, 0.717) is 18.1 Å². The molecule has 0 saturated carbocycles. The van der Waals surface area contributed by atoms with E-state index < -0.39 is 54.0 Å². The Morgan fingerprint density at radius 2 is 1.40 bits per heavy atom. The zero-order valence-electron chi connectivity index (χ0n) is 27.3. The molecule has 2 aromatic rings. The Hall–Kier alpha value is -4.30. The Balaban J connectivity index is 2.04. The van der Waals surface area contributed by atoms with Gasteiger partial charge in [0, 0.05) is 18.6 Å². The molecule has 0 spiro atoms. The average Bonchev–Trinajstić information content (AvgIpc) is 3.03. The second kappa shape index (κ2) is 20.7. The third-order valence-corrected chi connectivity index (χ3v) is 7.35. The summed E-state index contributed by atoms with van der Waals surface area (Å²) >= 11 is 1.65. The highest BCUT2D eigenvalue weighted by Crippen LogP contribution is 2.15. The van der Waals surface area contributed by atoms with Gasteiger partial charge in [-0.05, 0) is 56.2 Å². The fourth-order valence-electron chi connectivity index (χ4n) is 4.08. The van der Waals surface area contributed by atoms with Gasteiger partial charge in [-0.15, -0.1) is 0 Å². The van der Waals surface area contributed by atoms with E-state index in [-0.39, 0.29) is 26.0 Å². The standard InChI is InChI=1S/C33H46N4O9S/c1-33(2,3)46-32(43)37-27(20-24-11-13-25(14-12-24)45-16-8-17-47-18-15-38)31(42)34-21-28(39)36-26(19-23-9-6-5-7-10-23)30(41)35-22-29(40)44-4/h5-7,9-14,26-27,38H,8,15-22H2,1-4H3,(H,34,42)(H,35,41)(H,36,39)(H,37,43)/t26-,27-/m0/s1. The second-order valence-electron chi connectivity index (χ2n) is 11.4. The summed E-state index contributed by atoms with van der Waals surface area (Å²) in [4.78, 5) is 63.1. The van der Waals surface area contributed by atoms with Crippen molar-refractivity contribution in [3.63, 3.8) is 0 Å². The lowest BCUT2D eigenvalue weighted by molar-refractivity contribution is -0.141. The number of aliphatic hydroxyl groups is 1. The van der Waals surface area contributed by atoms with Crippen LogP contribution in [0.1, 0.15) is 38.3 Å².